The lowest BCUT2D eigenvalue weighted by Crippen LogP contribution is -2.37. The summed E-state index contributed by atoms with van der Waals surface area (Å²) in [6.07, 6.45) is 1.97. The van der Waals surface area contributed by atoms with Crippen molar-refractivity contribution < 1.29 is 9.47 Å². The predicted molar refractivity (Wildman–Crippen MR) is 109 cm³/mol. The van der Waals surface area contributed by atoms with E-state index in [1.54, 1.807) is 7.11 Å². The molecule has 1 atom stereocenters. The van der Waals surface area contributed by atoms with E-state index in [1.807, 2.05) is 18.2 Å². The molecule has 2 aliphatic rings. The van der Waals surface area contributed by atoms with Crippen LogP contribution >= 0.6 is 0 Å². The number of methoxy groups -OCH3 is 1. The van der Waals surface area contributed by atoms with Gasteiger partial charge < -0.3 is 9.47 Å². The zero-order valence-electron chi connectivity index (χ0n) is 15.9. The molecule has 4 rings (SSSR count). The minimum Gasteiger partial charge on any atom is -0.497 e. The number of ether oxygens (including phenoxy) is 2. The molecule has 2 aliphatic heterocycles. The second-order valence-electron chi connectivity index (χ2n) is 7.04. The van der Waals surface area contributed by atoms with Crippen molar-refractivity contribution in [2.45, 2.75) is 18.9 Å². The molecule has 27 heavy (non-hydrogen) atoms. The van der Waals surface area contributed by atoms with Gasteiger partial charge in [-0.15, -0.1) is 0 Å². The van der Waals surface area contributed by atoms with Crippen LogP contribution in [0.3, 0.4) is 0 Å². The van der Waals surface area contributed by atoms with Gasteiger partial charge in [0.2, 0.25) is 0 Å². The highest BCUT2D eigenvalue weighted by Gasteiger charge is 2.29. The quantitative estimate of drug-likeness (QED) is 0.782. The number of hydrazone groups is 1. The SMILES string of the molecule is COc1ccc(C2CC(CCN3CCOCC3)=NN2c2ccccc2)cc1. The molecule has 2 aromatic carbocycles. The number of nitrogens with zero attached hydrogens (tertiary/aromatic N) is 3. The van der Waals surface area contributed by atoms with Gasteiger partial charge in [-0.05, 0) is 29.8 Å². The van der Waals surface area contributed by atoms with Crippen molar-refractivity contribution in [3.63, 3.8) is 0 Å². The monoisotopic (exact) mass is 365 g/mol. The van der Waals surface area contributed by atoms with Crippen molar-refractivity contribution >= 4 is 11.4 Å². The molecule has 1 fully saturated rings. The van der Waals surface area contributed by atoms with E-state index in [0.717, 1.165) is 57.1 Å². The van der Waals surface area contributed by atoms with E-state index in [2.05, 4.69) is 46.3 Å². The molecule has 0 aliphatic carbocycles. The van der Waals surface area contributed by atoms with Crippen LogP contribution in [-0.4, -0.2) is 50.6 Å². The van der Waals surface area contributed by atoms with Crippen LogP contribution in [0.25, 0.3) is 0 Å². The second-order valence-corrected chi connectivity index (χ2v) is 7.04. The number of morpholine rings is 1. The summed E-state index contributed by atoms with van der Waals surface area (Å²) in [7, 11) is 1.70. The first-order valence-corrected chi connectivity index (χ1v) is 9.68. The van der Waals surface area contributed by atoms with Crippen LogP contribution in [0.15, 0.2) is 59.7 Å². The third-order valence-electron chi connectivity index (χ3n) is 5.31. The van der Waals surface area contributed by atoms with Gasteiger partial charge in [0.15, 0.2) is 0 Å². The zero-order chi connectivity index (χ0) is 18.5. The number of hydrogen-bond acceptors (Lipinski definition) is 5. The average Bonchev–Trinajstić information content (AvgIpc) is 3.18. The van der Waals surface area contributed by atoms with E-state index in [4.69, 9.17) is 14.6 Å². The predicted octanol–water partition coefficient (Wildman–Crippen LogP) is 3.72. The third-order valence-corrected chi connectivity index (χ3v) is 5.31. The molecule has 2 heterocycles. The molecule has 0 saturated carbocycles. The second kappa shape index (κ2) is 8.55. The molecule has 1 saturated heterocycles. The normalized spacial score (nSPS) is 20.6. The Morgan fingerprint density at radius 3 is 2.48 bits per heavy atom. The fourth-order valence-electron chi connectivity index (χ4n) is 3.74. The van der Waals surface area contributed by atoms with E-state index < -0.39 is 0 Å². The lowest BCUT2D eigenvalue weighted by molar-refractivity contribution is 0.0392. The van der Waals surface area contributed by atoms with Crippen LogP contribution in [0.1, 0.15) is 24.4 Å². The van der Waals surface area contributed by atoms with Gasteiger partial charge in [0.05, 0.1) is 32.1 Å². The lowest BCUT2D eigenvalue weighted by atomic mass is 10.00. The summed E-state index contributed by atoms with van der Waals surface area (Å²) in [5, 5.41) is 7.18. The molecule has 0 bridgehead atoms. The fraction of sp³-hybridized carbons (Fsp3) is 0.409. The molecule has 0 radical (unpaired) electrons. The fourth-order valence-corrected chi connectivity index (χ4v) is 3.74. The maximum Gasteiger partial charge on any atom is 0.118 e. The van der Waals surface area contributed by atoms with Gasteiger partial charge in [-0.1, -0.05) is 30.3 Å². The Balaban J connectivity index is 1.51. The maximum absolute atomic E-state index is 5.45. The molecule has 5 nitrogen and oxygen atoms in total. The van der Waals surface area contributed by atoms with E-state index in [9.17, 15) is 0 Å². The first-order valence-electron chi connectivity index (χ1n) is 9.68. The Labute approximate surface area is 161 Å². The standard InChI is InChI=1S/C22H27N3O2/c1-26-21-9-7-18(8-10-21)22-17-19(11-12-24-13-15-27-16-14-24)23-25(22)20-5-3-2-4-6-20/h2-10,22H,11-17H2,1H3. The van der Waals surface area contributed by atoms with Crippen LogP contribution in [0, 0.1) is 0 Å². The van der Waals surface area contributed by atoms with Crippen LogP contribution in [0.5, 0.6) is 5.75 Å². The van der Waals surface area contributed by atoms with Crippen LogP contribution in [-0.2, 0) is 4.74 Å². The van der Waals surface area contributed by atoms with E-state index in [0.29, 0.717) is 0 Å². The van der Waals surface area contributed by atoms with Crippen molar-refractivity contribution in [1.82, 2.24) is 4.90 Å². The van der Waals surface area contributed by atoms with Crippen LogP contribution in [0.4, 0.5) is 5.69 Å². The van der Waals surface area contributed by atoms with Crippen molar-refractivity contribution in [3.05, 3.63) is 60.2 Å². The maximum atomic E-state index is 5.45. The minimum atomic E-state index is 0.234. The summed E-state index contributed by atoms with van der Waals surface area (Å²) in [5.74, 6) is 0.886. The van der Waals surface area contributed by atoms with Gasteiger partial charge >= 0.3 is 0 Å². The molecule has 0 spiro atoms. The number of hydrogen-bond donors (Lipinski definition) is 0. The number of rotatable bonds is 6. The van der Waals surface area contributed by atoms with Gasteiger partial charge in [-0.25, -0.2) is 0 Å². The summed E-state index contributed by atoms with van der Waals surface area (Å²) in [4.78, 5) is 2.47. The third kappa shape index (κ3) is 4.31. The Kier molecular flexibility index (Phi) is 5.70. The van der Waals surface area contributed by atoms with Crippen LogP contribution < -0.4 is 9.75 Å². The van der Waals surface area contributed by atoms with Gasteiger partial charge in [0.1, 0.15) is 5.75 Å². The first-order chi connectivity index (χ1) is 13.3. The smallest absolute Gasteiger partial charge is 0.118 e. The van der Waals surface area contributed by atoms with Crippen molar-refractivity contribution in [1.29, 1.82) is 0 Å². The van der Waals surface area contributed by atoms with Crippen molar-refractivity contribution in [2.75, 3.05) is 45.0 Å². The number of para-hydroxylation sites is 1. The highest BCUT2D eigenvalue weighted by molar-refractivity contribution is 5.89. The first kappa shape index (κ1) is 18.0. The van der Waals surface area contributed by atoms with Gasteiger partial charge in [-0.3, -0.25) is 9.91 Å². The molecule has 2 aromatic rings. The zero-order valence-corrected chi connectivity index (χ0v) is 15.9. The summed E-state index contributed by atoms with van der Waals surface area (Å²) in [5.41, 5.74) is 3.68. The van der Waals surface area contributed by atoms with Crippen LogP contribution in [0.2, 0.25) is 0 Å². The molecule has 1 unspecified atom stereocenters. The molecule has 0 aromatic heterocycles. The number of benzene rings is 2. The Morgan fingerprint density at radius 2 is 1.78 bits per heavy atom. The summed E-state index contributed by atoms with van der Waals surface area (Å²) in [6, 6.07) is 19.1. The largest absolute Gasteiger partial charge is 0.497 e. The van der Waals surface area contributed by atoms with E-state index in [1.165, 1.54) is 11.3 Å². The number of anilines is 1. The van der Waals surface area contributed by atoms with Gasteiger partial charge in [-0.2, -0.15) is 5.10 Å². The highest BCUT2D eigenvalue weighted by Crippen LogP contribution is 2.36. The summed E-state index contributed by atoms with van der Waals surface area (Å²) >= 11 is 0. The van der Waals surface area contributed by atoms with Crippen molar-refractivity contribution in [2.24, 2.45) is 5.10 Å². The average molecular weight is 365 g/mol. The topological polar surface area (TPSA) is 37.3 Å². The summed E-state index contributed by atoms with van der Waals surface area (Å²) in [6.45, 7) is 4.80. The molecule has 5 heteroatoms. The van der Waals surface area contributed by atoms with E-state index >= 15 is 0 Å². The molecule has 142 valence electrons. The molecular weight excluding hydrogens is 338 g/mol. The Hall–Kier alpha value is -2.37. The highest BCUT2D eigenvalue weighted by atomic mass is 16.5. The minimum absolute atomic E-state index is 0.234. The molecule has 0 amide bonds. The Bertz CT molecular complexity index is 755. The lowest BCUT2D eigenvalue weighted by Gasteiger charge is -2.26. The molecule has 0 N–H and O–H groups in total. The van der Waals surface area contributed by atoms with Gasteiger partial charge in [0.25, 0.3) is 0 Å². The van der Waals surface area contributed by atoms with Crippen molar-refractivity contribution in [3.8, 4) is 5.75 Å². The van der Waals surface area contributed by atoms with Gasteiger partial charge in [0, 0.05) is 38.2 Å². The Morgan fingerprint density at radius 1 is 1.04 bits per heavy atom. The molecular formula is C22H27N3O2. The summed E-state index contributed by atoms with van der Waals surface area (Å²) < 4.78 is 10.8. The van der Waals surface area contributed by atoms with E-state index in [-0.39, 0.29) is 6.04 Å².